The first-order valence-electron chi connectivity index (χ1n) is 9.10. The smallest absolute Gasteiger partial charge is 0.178 e. The fourth-order valence-electron chi connectivity index (χ4n) is 3.18. The Hall–Kier alpha value is -2.32. The molecule has 1 aromatic carbocycles. The predicted molar refractivity (Wildman–Crippen MR) is 104 cm³/mol. The highest BCUT2D eigenvalue weighted by atomic mass is 32.2. The molecule has 7 nitrogen and oxygen atoms in total. The van der Waals surface area contributed by atoms with Gasteiger partial charge in [0.05, 0.1) is 12.1 Å². The quantitative estimate of drug-likeness (QED) is 0.644. The minimum atomic E-state index is -1.07. The lowest BCUT2D eigenvalue weighted by Crippen LogP contribution is -2.14. The molecule has 3 aromatic rings. The zero-order chi connectivity index (χ0) is 19.1. The minimum absolute atomic E-state index is 0.0506. The van der Waals surface area contributed by atoms with E-state index >= 15 is 0 Å². The Balaban J connectivity index is 1.82. The number of imidazole rings is 1. The zero-order valence-corrected chi connectivity index (χ0v) is 16.7. The molecule has 0 radical (unpaired) electrons. The summed E-state index contributed by atoms with van der Waals surface area (Å²) in [7, 11) is 0. The summed E-state index contributed by atoms with van der Waals surface area (Å²) >= 11 is -1.07. The predicted octanol–water partition coefficient (Wildman–Crippen LogP) is 3.30. The van der Waals surface area contributed by atoms with E-state index in [2.05, 4.69) is 28.5 Å². The van der Waals surface area contributed by atoms with Gasteiger partial charge in [-0.3, -0.25) is 0 Å². The Labute approximate surface area is 161 Å². The van der Waals surface area contributed by atoms with Crippen molar-refractivity contribution in [1.29, 1.82) is 0 Å². The highest BCUT2D eigenvalue weighted by Crippen LogP contribution is 2.36. The van der Waals surface area contributed by atoms with Crippen LogP contribution < -0.4 is 4.74 Å². The molecular formula is C19H23N5O2S. The van der Waals surface area contributed by atoms with Crippen LogP contribution in [-0.4, -0.2) is 40.7 Å². The number of ether oxygens (including phenoxy) is 1. The van der Waals surface area contributed by atoms with Gasteiger partial charge in [0, 0.05) is 18.3 Å². The third-order valence-corrected chi connectivity index (χ3v) is 6.08. The maximum absolute atomic E-state index is 12.6. The number of rotatable bonds is 4. The lowest BCUT2D eigenvalue weighted by Gasteiger charge is -2.15. The van der Waals surface area contributed by atoms with Gasteiger partial charge in [-0.15, -0.1) is 0 Å². The number of hydrogen-bond acceptors (Lipinski definition) is 5. The van der Waals surface area contributed by atoms with Crippen molar-refractivity contribution in [1.82, 2.24) is 24.3 Å². The number of fused-ring (bicyclic) bond motifs is 3. The van der Waals surface area contributed by atoms with E-state index in [4.69, 9.17) is 9.72 Å². The van der Waals surface area contributed by atoms with Crippen molar-refractivity contribution < 1.29 is 9.29 Å². The highest BCUT2D eigenvalue weighted by molar-refractivity contribution is 7.92. The lowest BCUT2D eigenvalue weighted by molar-refractivity contribution is 0.306. The molecular weight excluding hydrogens is 362 g/mol. The van der Waals surface area contributed by atoms with Gasteiger partial charge in [-0.05, 0) is 51.0 Å². The van der Waals surface area contributed by atoms with Gasteiger partial charge >= 0.3 is 0 Å². The van der Waals surface area contributed by atoms with E-state index in [0.717, 1.165) is 33.6 Å². The van der Waals surface area contributed by atoms with Crippen molar-refractivity contribution in [2.75, 3.05) is 6.61 Å². The number of benzene rings is 1. The van der Waals surface area contributed by atoms with Crippen LogP contribution >= 0.6 is 0 Å². The van der Waals surface area contributed by atoms with Crippen LogP contribution in [0.25, 0.3) is 22.9 Å². The Bertz CT molecular complexity index is 963. The summed E-state index contributed by atoms with van der Waals surface area (Å²) in [5.74, 6) is 2.31. The summed E-state index contributed by atoms with van der Waals surface area (Å²) in [5.41, 5.74) is 1.64. The molecule has 27 heavy (non-hydrogen) atoms. The second-order valence-corrected chi connectivity index (χ2v) is 9.13. The van der Waals surface area contributed by atoms with E-state index in [1.807, 2.05) is 42.9 Å². The molecule has 0 saturated carbocycles. The molecule has 0 amide bonds. The van der Waals surface area contributed by atoms with Gasteiger partial charge in [0.15, 0.2) is 10.7 Å². The molecule has 1 atom stereocenters. The Morgan fingerprint density at radius 2 is 2.00 bits per heavy atom. The first-order chi connectivity index (χ1) is 13.0. The largest absolute Gasteiger partial charge is 0.611 e. The van der Waals surface area contributed by atoms with E-state index in [1.54, 1.807) is 6.33 Å². The first-order valence-corrected chi connectivity index (χ1v) is 10.3. The highest BCUT2D eigenvalue weighted by Gasteiger charge is 2.24. The molecule has 142 valence electrons. The van der Waals surface area contributed by atoms with E-state index in [1.165, 1.54) is 0 Å². The molecule has 8 heteroatoms. The Morgan fingerprint density at radius 1 is 1.19 bits per heavy atom. The van der Waals surface area contributed by atoms with Gasteiger partial charge in [0.1, 0.15) is 35.5 Å². The molecule has 0 saturated heterocycles. The normalized spacial score (nSPS) is 14.6. The lowest BCUT2D eigenvalue weighted by atomic mass is 10.2. The maximum Gasteiger partial charge on any atom is 0.178 e. The molecule has 0 fully saturated rings. The fraction of sp³-hybridized carbons (Fsp3) is 0.421. The molecule has 2 aromatic heterocycles. The molecule has 0 N–H and O–H groups in total. The standard InChI is InChI=1S/C19H23N5O2S/c1-12(2)24-19(20-11-21-24)16-10-23-7-8-26-17-6-5-14(27(25)13(3)4)9-15(17)18(23)22-16/h5-6,9-13H,7-8H2,1-4H3. The number of nitrogens with zero attached hydrogens (tertiary/aromatic N) is 5. The molecule has 3 heterocycles. The van der Waals surface area contributed by atoms with Crippen LogP contribution in [0.5, 0.6) is 5.75 Å². The molecule has 1 aliphatic rings. The van der Waals surface area contributed by atoms with Gasteiger partial charge in [-0.1, -0.05) is 0 Å². The van der Waals surface area contributed by atoms with E-state index in [9.17, 15) is 4.55 Å². The summed E-state index contributed by atoms with van der Waals surface area (Å²) in [6.45, 7) is 9.28. The van der Waals surface area contributed by atoms with E-state index < -0.39 is 11.2 Å². The minimum Gasteiger partial charge on any atom is -0.611 e. The Kier molecular flexibility index (Phi) is 4.69. The Morgan fingerprint density at radius 3 is 2.74 bits per heavy atom. The van der Waals surface area contributed by atoms with Gasteiger partial charge in [0.2, 0.25) is 0 Å². The van der Waals surface area contributed by atoms with Crippen LogP contribution in [0.3, 0.4) is 0 Å². The zero-order valence-electron chi connectivity index (χ0n) is 15.9. The number of hydrogen-bond donors (Lipinski definition) is 0. The van der Waals surface area contributed by atoms with Crippen molar-refractivity contribution >= 4 is 11.2 Å². The summed E-state index contributed by atoms with van der Waals surface area (Å²) in [4.78, 5) is 10.0. The average molecular weight is 385 g/mol. The summed E-state index contributed by atoms with van der Waals surface area (Å²) < 4.78 is 22.4. The molecule has 4 rings (SSSR count). The SMILES string of the molecule is CC(C)n1ncnc1-c1cn2c(n1)-c1cc([S+]([O-])C(C)C)ccc1OCC2. The summed E-state index contributed by atoms with van der Waals surface area (Å²) in [6.07, 6.45) is 3.55. The van der Waals surface area contributed by atoms with Crippen LogP contribution in [0.15, 0.2) is 35.6 Å². The van der Waals surface area contributed by atoms with Gasteiger partial charge < -0.3 is 13.9 Å². The van der Waals surface area contributed by atoms with Crippen LogP contribution in [-0.2, 0) is 17.7 Å². The van der Waals surface area contributed by atoms with Gasteiger partial charge in [-0.25, -0.2) is 14.6 Å². The van der Waals surface area contributed by atoms with Crippen LogP contribution in [0.2, 0.25) is 0 Å². The van der Waals surface area contributed by atoms with Crippen molar-refractivity contribution in [3.8, 4) is 28.7 Å². The first kappa shape index (κ1) is 18.1. The van der Waals surface area contributed by atoms with Crippen molar-refractivity contribution in [2.24, 2.45) is 0 Å². The van der Waals surface area contributed by atoms with Gasteiger partial charge in [-0.2, -0.15) is 5.10 Å². The van der Waals surface area contributed by atoms with Crippen molar-refractivity contribution in [2.45, 2.75) is 50.4 Å². The van der Waals surface area contributed by atoms with E-state index in [-0.39, 0.29) is 11.3 Å². The molecule has 1 aliphatic heterocycles. The van der Waals surface area contributed by atoms with E-state index in [0.29, 0.717) is 13.2 Å². The van der Waals surface area contributed by atoms with Crippen LogP contribution in [0.1, 0.15) is 33.7 Å². The molecule has 0 bridgehead atoms. The second-order valence-electron chi connectivity index (χ2n) is 7.12. The van der Waals surface area contributed by atoms with Gasteiger partial charge in [0.25, 0.3) is 0 Å². The maximum atomic E-state index is 12.6. The third-order valence-electron chi connectivity index (χ3n) is 4.51. The van der Waals surface area contributed by atoms with Crippen molar-refractivity contribution in [3.63, 3.8) is 0 Å². The fourth-order valence-corrected chi connectivity index (χ4v) is 4.16. The molecule has 0 spiro atoms. The second kappa shape index (κ2) is 7.01. The average Bonchev–Trinajstić information content (AvgIpc) is 3.25. The third kappa shape index (κ3) is 3.23. The topological polar surface area (TPSA) is 80.8 Å². The van der Waals surface area contributed by atoms with Crippen LogP contribution in [0.4, 0.5) is 0 Å². The summed E-state index contributed by atoms with van der Waals surface area (Å²) in [5, 5.41) is 4.36. The molecule has 0 aliphatic carbocycles. The summed E-state index contributed by atoms with van der Waals surface area (Å²) in [6, 6.07) is 5.90. The number of aromatic nitrogens is 5. The van der Waals surface area contributed by atoms with Crippen molar-refractivity contribution in [3.05, 3.63) is 30.7 Å². The molecule has 1 unspecified atom stereocenters. The van der Waals surface area contributed by atoms with Crippen LogP contribution in [0, 0.1) is 0 Å². The monoisotopic (exact) mass is 385 g/mol.